The molecule has 0 spiro atoms. The number of para-hydroxylation sites is 2. The summed E-state index contributed by atoms with van der Waals surface area (Å²) in [5.74, 6) is 1.85. The first-order valence-electron chi connectivity index (χ1n) is 16.6. The summed E-state index contributed by atoms with van der Waals surface area (Å²) in [6, 6.07) is 53.0. The third-order valence-electron chi connectivity index (χ3n) is 9.48. The monoisotopic (exact) mass is 640 g/mol. The van der Waals surface area contributed by atoms with Crippen molar-refractivity contribution in [2.24, 2.45) is 0 Å². The number of fused-ring (bicyclic) bond motifs is 6. The van der Waals surface area contributed by atoms with Crippen molar-refractivity contribution in [3.63, 3.8) is 0 Å². The number of hydrogen-bond donors (Lipinski definition) is 1. The van der Waals surface area contributed by atoms with E-state index < -0.39 is 0 Å². The number of nitrogens with one attached hydrogen (secondary N) is 1. The summed E-state index contributed by atoms with van der Waals surface area (Å²) >= 11 is 0. The molecule has 0 saturated carbocycles. The molecule has 0 unspecified atom stereocenters. The second kappa shape index (κ2) is 11.4. The second-order valence-electron chi connectivity index (χ2n) is 12.5. The van der Waals surface area contributed by atoms with Crippen LogP contribution >= 0.6 is 0 Å². The Morgan fingerprint density at radius 3 is 1.80 bits per heavy atom. The van der Waals surface area contributed by atoms with Gasteiger partial charge in [-0.1, -0.05) is 91.0 Å². The van der Waals surface area contributed by atoms with Crippen LogP contribution in [0.25, 0.3) is 94.6 Å². The van der Waals surface area contributed by atoms with E-state index in [9.17, 15) is 0 Å². The van der Waals surface area contributed by atoms with E-state index in [4.69, 9.17) is 15.0 Å². The van der Waals surface area contributed by atoms with Crippen molar-refractivity contribution >= 4 is 43.6 Å². The van der Waals surface area contributed by atoms with Gasteiger partial charge in [-0.25, -0.2) is 15.0 Å². The first-order chi connectivity index (χ1) is 24.8. The zero-order valence-corrected chi connectivity index (χ0v) is 26.8. The lowest BCUT2D eigenvalue weighted by molar-refractivity contribution is 1.07. The number of aromatic nitrogens is 6. The van der Waals surface area contributed by atoms with Crippen LogP contribution in [0.5, 0.6) is 0 Å². The van der Waals surface area contributed by atoms with E-state index in [1.165, 1.54) is 32.7 Å². The number of H-pyrrole nitrogens is 1. The number of benzene rings is 6. The van der Waals surface area contributed by atoms with Gasteiger partial charge < -0.3 is 9.55 Å². The van der Waals surface area contributed by atoms with Gasteiger partial charge in [0.2, 0.25) is 0 Å². The molecule has 6 heteroatoms. The maximum absolute atomic E-state index is 4.98. The maximum atomic E-state index is 4.98. The molecule has 0 saturated heterocycles. The minimum atomic E-state index is 0.608. The number of hydrogen-bond acceptors (Lipinski definition) is 4. The molecule has 50 heavy (non-hydrogen) atoms. The van der Waals surface area contributed by atoms with Crippen molar-refractivity contribution in [2.45, 2.75) is 0 Å². The van der Waals surface area contributed by atoms with E-state index in [2.05, 4.69) is 124 Å². The van der Waals surface area contributed by atoms with Gasteiger partial charge >= 0.3 is 0 Å². The van der Waals surface area contributed by atoms with Crippen molar-refractivity contribution in [1.29, 1.82) is 0 Å². The highest BCUT2D eigenvalue weighted by Crippen LogP contribution is 2.37. The Balaban J connectivity index is 1.12. The van der Waals surface area contributed by atoms with Gasteiger partial charge in [0.25, 0.3) is 0 Å². The molecule has 10 aromatic rings. The summed E-state index contributed by atoms with van der Waals surface area (Å²) in [7, 11) is 0. The first kappa shape index (κ1) is 28.1. The fraction of sp³-hybridized carbons (Fsp3) is 0. The van der Waals surface area contributed by atoms with Gasteiger partial charge in [0.1, 0.15) is 0 Å². The molecule has 1 N–H and O–H groups in total. The summed E-state index contributed by atoms with van der Waals surface area (Å²) in [6.07, 6.45) is 3.52. The summed E-state index contributed by atoms with van der Waals surface area (Å²) in [4.78, 5) is 22.5. The highest BCUT2D eigenvalue weighted by atomic mass is 15.0. The third-order valence-corrected chi connectivity index (χ3v) is 9.48. The average molecular weight is 641 g/mol. The molecule has 0 amide bonds. The van der Waals surface area contributed by atoms with E-state index in [0.29, 0.717) is 17.5 Å². The molecule has 0 atom stereocenters. The number of aromatic amines is 1. The van der Waals surface area contributed by atoms with Crippen molar-refractivity contribution in [1.82, 2.24) is 29.5 Å². The number of rotatable bonds is 5. The molecule has 6 nitrogen and oxygen atoms in total. The third kappa shape index (κ3) is 4.65. The van der Waals surface area contributed by atoms with Crippen molar-refractivity contribution in [3.8, 4) is 51.0 Å². The van der Waals surface area contributed by atoms with Gasteiger partial charge in [-0.2, -0.15) is 0 Å². The topological polar surface area (TPSA) is 72.3 Å². The molecule has 4 heterocycles. The standard InChI is InChI=1S/C44H28N6/c1-2-9-28(10-3-1)42-47-43(29-21-23-45-24-22-29)49-44(48-42)32-11-8-12-33(25-32)50-40-16-7-5-14-35(40)37-27-31(18-20-41(37)50)30-17-19-39-36(26-30)34-13-4-6-15-38(34)46-39/h1-27,46H. The Bertz CT molecular complexity index is 2810. The lowest BCUT2D eigenvalue weighted by Crippen LogP contribution is -2.01. The Morgan fingerprint density at radius 1 is 0.380 bits per heavy atom. The molecular weight excluding hydrogens is 613 g/mol. The smallest absolute Gasteiger partial charge is 0.164 e. The number of pyridine rings is 1. The Morgan fingerprint density at radius 2 is 0.980 bits per heavy atom. The van der Waals surface area contributed by atoms with Crippen LogP contribution in [0.4, 0.5) is 0 Å². The maximum Gasteiger partial charge on any atom is 0.164 e. The lowest BCUT2D eigenvalue weighted by Gasteiger charge is -2.12. The van der Waals surface area contributed by atoms with Crippen LogP contribution in [0.3, 0.4) is 0 Å². The van der Waals surface area contributed by atoms with Crippen LogP contribution in [0.2, 0.25) is 0 Å². The Labute approximate surface area is 287 Å². The van der Waals surface area contributed by atoms with E-state index >= 15 is 0 Å². The van der Waals surface area contributed by atoms with Gasteiger partial charge in [0.15, 0.2) is 17.5 Å². The predicted molar refractivity (Wildman–Crippen MR) is 203 cm³/mol. The van der Waals surface area contributed by atoms with Crippen LogP contribution in [0.1, 0.15) is 0 Å². The van der Waals surface area contributed by atoms with E-state index in [0.717, 1.165) is 44.4 Å². The largest absolute Gasteiger partial charge is 0.355 e. The zero-order valence-electron chi connectivity index (χ0n) is 26.8. The zero-order chi connectivity index (χ0) is 33.0. The molecule has 0 aliphatic heterocycles. The summed E-state index contributed by atoms with van der Waals surface area (Å²) in [5, 5.41) is 4.88. The molecule has 0 aliphatic carbocycles. The molecule has 6 aromatic carbocycles. The SMILES string of the molecule is c1ccc(-c2nc(-c3ccncc3)nc(-c3cccc(-n4c5ccccc5c5cc(-c6ccc7[nH]c8ccccc8c7c6)ccc54)c3)n2)cc1. The molecule has 234 valence electrons. The van der Waals surface area contributed by atoms with Crippen molar-refractivity contribution < 1.29 is 0 Å². The van der Waals surface area contributed by atoms with Gasteiger partial charge in [-0.3, -0.25) is 4.98 Å². The Kier molecular flexibility index (Phi) is 6.39. The lowest BCUT2D eigenvalue weighted by atomic mass is 10.0. The molecule has 0 aliphatic rings. The predicted octanol–water partition coefficient (Wildman–Crippen LogP) is 10.7. The van der Waals surface area contributed by atoms with E-state index in [-0.39, 0.29) is 0 Å². The fourth-order valence-electron chi connectivity index (χ4n) is 7.09. The van der Waals surface area contributed by atoms with Crippen LogP contribution < -0.4 is 0 Å². The first-order valence-corrected chi connectivity index (χ1v) is 16.6. The van der Waals surface area contributed by atoms with Crippen molar-refractivity contribution in [3.05, 3.63) is 164 Å². The molecule has 0 fully saturated rings. The van der Waals surface area contributed by atoms with Gasteiger partial charge in [-0.05, 0) is 71.8 Å². The second-order valence-corrected chi connectivity index (χ2v) is 12.5. The highest BCUT2D eigenvalue weighted by Gasteiger charge is 2.17. The molecule has 0 radical (unpaired) electrons. The highest BCUT2D eigenvalue weighted by molar-refractivity contribution is 6.12. The normalized spacial score (nSPS) is 11.6. The molecule has 0 bridgehead atoms. The fourth-order valence-corrected chi connectivity index (χ4v) is 7.09. The van der Waals surface area contributed by atoms with Crippen molar-refractivity contribution in [2.75, 3.05) is 0 Å². The van der Waals surface area contributed by atoms with Gasteiger partial charge in [0.05, 0.1) is 11.0 Å². The number of nitrogens with zero attached hydrogens (tertiary/aromatic N) is 5. The molecule has 10 rings (SSSR count). The van der Waals surface area contributed by atoms with E-state index in [1.807, 2.05) is 42.5 Å². The van der Waals surface area contributed by atoms with E-state index in [1.54, 1.807) is 12.4 Å². The Hall–Kier alpha value is -6.92. The summed E-state index contributed by atoms with van der Waals surface area (Å²) in [6.45, 7) is 0. The van der Waals surface area contributed by atoms with Gasteiger partial charge in [-0.15, -0.1) is 0 Å². The molecule has 4 aromatic heterocycles. The minimum absolute atomic E-state index is 0.608. The van der Waals surface area contributed by atoms with Crippen LogP contribution in [0.15, 0.2) is 164 Å². The summed E-state index contributed by atoms with van der Waals surface area (Å²) < 4.78 is 2.34. The average Bonchev–Trinajstić information content (AvgIpc) is 3.73. The van der Waals surface area contributed by atoms with Crippen LogP contribution in [0, 0.1) is 0 Å². The van der Waals surface area contributed by atoms with Gasteiger partial charge in [0, 0.05) is 67.3 Å². The van der Waals surface area contributed by atoms with Crippen LogP contribution in [-0.2, 0) is 0 Å². The van der Waals surface area contributed by atoms with Crippen LogP contribution in [-0.4, -0.2) is 29.5 Å². The minimum Gasteiger partial charge on any atom is -0.355 e. The quantitative estimate of drug-likeness (QED) is 0.203. The summed E-state index contributed by atoms with van der Waals surface area (Å²) in [5.41, 5.74) is 10.7. The molecular formula is C44H28N6.